The largest absolute Gasteiger partial charge is 0.460 e. The fraction of sp³-hybridized carbons (Fsp3) is 0.556. The molecule has 0 heterocycles. The van der Waals surface area contributed by atoms with Crippen LogP contribution in [0.5, 0.6) is 0 Å². The first-order chi connectivity index (χ1) is 6.06. The lowest BCUT2D eigenvalue weighted by molar-refractivity contribution is -0.141. The van der Waals surface area contributed by atoms with E-state index in [0.717, 1.165) is 0 Å². The Morgan fingerprint density at radius 3 is 2.62 bits per heavy atom. The molecule has 0 amide bonds. The van der Waals surface area contributed by atoms with E-state index in [1.807, 2.05) is 13.8 Å². The summed E-state index contributed by atoms with van der Waals surface area (Å²) >= 11 is 0. The van der Waals surface area contributed by atoms with Crippen LogP contribution in [0, 0.1) is 0 Å². The van der Waals surface area contributed by atoms with Crippen LogP contribution in [0.15, 0.2) is 17.3 Å². The molecule has 0 rings (SSSR count). The van der Waals surface area contributed by atoms with Crippen molar-refractivity contribution < 1.29 is 9.53 Å². The molecule has 0 radical (unpaired) electrons. The fourth-order valence-corrected chi connectivity index (χ4v) is 0.671. The minimum atomic E-state index is -0.341. The van der Waals surface area contributed by atoms with Crippen LogP contribution in [0.1, 0.15) is 13.8 Å². The lowest BCUT2D eigenvalue weighted by atomic mass is 10.5. The Morgan fingerprint density at radius 2 is 2.15 bits per heavy atom. The van der Waals surface area contributed by atoms with Gasteiger partial charge >= 0.3 is 5.97 Å². The van der Waals surface area contributed by atoms with Gasteiger partial charge in [-0.2, -0.15) is 0 Å². The van der Waals surface area contributed by atoms with Gasteiger partial charge in [0.05, 0.1) is 12.4 Å². The van der Waals surface area contributed by atoms with Crippen molar-refractivity contribution >= 4 is 12.3 Å². The molecule has 4 nitrogen and oxygen atoms in total. The topological polar surface area (TPSA) is 41.9 Å². The summed E-state index contributed by atoms with van der Waals surface area (Å²) in [6, 6.07) is 0. The maximum absolute atomic E-state index is 11.0. The zero-order valence-corrected chi connectivity index (χ0v) is 8.52. The van der Waals surface area contributed by atoms with E-state index in [9.17, 15) is 4.79 Å². The minimum absolute atomic E-state index is 0.0812. The van der Waals surface area contributed by atoms with Crippen molar-refractivity contribution in [3.63, 3.8) is 0 Å². The third-order valence-electron chi connectivity index (χ3n) is 1.10. The molecular formula is C9H16N2O2. The number of hydrogen-bond donors (Lipinski definition) is 0. The van der Waals surface area contributed by atoms with Crippen LogP contribution in [0.4, 0.5) is 0 Å². The smallest absolute Gasteiger partial charge is 0.332 e. The summed E-state index contributed by atoms with van der Waals surface area (Å²) in [7, 11) is 3.45. The maximum Gasteiger partial charge on any atom is 0.332 e. The van der Waals surface area contributed by atoms with Gasteiger partial charge in [-0.1, -0.05) is 0 Å². The van der Waals surface area contributed by atoms with Gasteiger partial charge in [0, 0.05) is 26.4 Å². The minimum Gasteiger partial charge on any atom is -0.460 e. The van der Waals surface area contributed by atoms with E-state index in [1.165, 1.54) is 6.08 Å². The van der Waals surface area contributed by atoms with Gasteiger partial charge < -0.3 is 9.64 Å². The van der Waals surface area contributed by atoms with Crippen LogP contribution in [0.2, 0.25) is 0 Å². The molecule has 0 bridgehead atoms. The van der Waals surface area contributed by atoms with Gasteiger partial charge in [-0.05, 0) is 13.8 Å². The number of aliphatic imine (C=N–C) groups is 1. The monoisotopic (exact) mass is 184 g/mol. The highest BCUT2D eigenvalue weighted by molar-refractivity contribution is 5.82. The fourth-order valence-electron chi connectivity index (χ4n) is 0.671. The summed E-state index contributed by atoms with van der Waals surface area (Å²) in [6.45, 7) is 3.62. The molecule has 0 fully saturated rings. The molecule has 0 aliphatic heterocycles. The van der Waals surface area contributed by atoms with Crippen LogP contribution >= 0.6 is 0 Å². The average molecular weight is 184 g/mol. The number of esters is 1. The second-order valence-electron chi connectivity index (χ2n) is 2.84. The van der Waals surface area contributed by atoms with Gasteiger partial charge in [0.1, 0.15) is 0 Å². The second-order valence-corrected chi connectivity index (χ2v) is 2.84. The number of rotatable bonds is 4. The summed E-state index contributed by atoms with van der Waals surface area (Å²) in [5, 5.41) is 0. The van der Waals surface area contributed by atoms with E-state index in [2.05, 4.69) is 4.99 Å². The first-order valence-corrected chi connectivity index (χ1v) is 4.09. The molecule has 0 aromatic carbocycles. The molecule has 0 N–H and O–H groups in total. The van der Waals surface area contributed by atoms with E-state index < -0.39 is 0 Å². The van der Waals surface area contributed by atoms with Crippen molar-refractivity contribution in [2.75, 3.05) is 14.1 Å². The summed E-state index contributed by atoms with van der Waals surface area (Å²) in [5.74, 6) is -0.341. The first-order valence-electron chi connectivity index (χ1n) is 4.09. The highest BCUT2D eigenvalue weighted by Gasteiger charge is 1.99. The Morgan fingerprint density at radius 1 is 1.54 bits per heavy atom. The Balaban J connectivity index is 3.89. The highest BCUT2D eigenvalue weighted by atomic mass is 16.5. The second kappa shape index (κ2) is 6.22. The van der Waals surface area contributed by atoms with Crippen LogP contribution < -0.4 is 0 Å². The Labute approximate surface area is 78.9 Å². The number of ether oxygens (including phenoxy) is 1. The Hall–Kier alpha value is -1.32. The summed E-state index contributed by atoms with van der Waals surface area (Å²) in [6.07, 6.45) is 4.47. The van der Waals surface area contributed by atoms with E-state index >= 15 is 0 Å². The van der Waals surface area contributed by atoms with Crippen molar-refractivity contribution in [2.24, 2.45) is 4.99 Å². The lowest BCUT2D eigenvalue weighted by Crippen LogP contribution is -2.11. The van der Waals surface area contributed by atoms with Crippen LogP contribution in [-0.4, -0.2) is 37.4 Å². The van der Waals surface area contributed by atoms with Crippen LogP contribution in [0.25, 0.3) is 0 Å². The zero-order chi connectivity index (χ0) is 10.3. The summed E-state index contributed by atoms with van der Waals surface area (Å²) in [4.78, 5) is 16.4. The number of hydrogen-bond acceptors (Lipinski definition) is 3. The number of carbonyl (C=O) groups excluding carboxylic acids is 1. The van der Waals surface area contributed by atoms with Crippen molar-refractivity contribution in [3.8, 4) is 0 Å². The summed E-state index contributed by atoms with van der Waals surface area (Å²) < 4.78 is 4.88. The summed E-state index contributed by atoms with van der Waals surface area (Å²) in [5.41, 5.74) is 0. The third kappa shape index (κ3) is 7.05. The van der Waals surface area contributed by atoms with Gasteiger partial charge in [0.2, 0.25) is 0 Å². The molecule has 0 aromatic heterocycles. The predicted molar refractivity (Wildman–Crippen MR) is 52.5 cm³/mol. The van der Waals surface area contributed by atoms with Gasteiger partial charge in [0.15, 0.2) is 0 Å². The van der Waals surface area contributed by atoms with Crippen molar-refractivity contribution in [1.29, 1.82) is 0 Å². The van der Waals surface area contributed by atoms with E-state index in [-0.39, 0.29) is 12.1 Å². The highest BCUT2D eigenvalue weighted by Crippen LogP contribution is 1.90. The van der Waals surface area contributed by atoms with Gasteiger partial charge in [-0.3, -0.25) is 4.99 Å². The van der Waals surface area contributed by atoms with E-state index in [4.69, 9.17) is 4.74 Å². The Kier molecular flexibility index (Phi) is 5.59. The molecule has 0 atom stereocenters. The maximum atomic E-state index is 11.0. The van der Waals surface area contributed by atoms with Gasteiger partial charge in [-0.25, -0.2) is 4.79 Å². The molecule has 74 valence electrons. The van der Waals surface area contributed by atoms with Crippen molar-refractivity contribution in [3.05, 3.63) is 12.3 Å². The number of carbonyl (C=O) groups is 1. The first kappa shape index (κ1) is 11.7. The van der Waals surface area contributed by atoms with Gasteiger partial charge in [0.25, 0.3) is 0 Å². The quantitative estimate of drug-likeness (QED) is 0.284. The predicted octanol–water partition coefficient (Wildman–Crippen LogP) is 1.04. The molecular weight excluding hydrogens is 168 g/mol. The normalized spacial score (nSPS) is 11.5. The van der Waals surface area contributed by atoms with Gasteiger partial charge in [-0.15, -0.1) is 0 Å². The SMILES string of the molecule is CN=CN(C)C=CC(=O)OC(C)C. The van der Waals surface area contributed by atoms with Crippen LogP contribution in [-0.2, 0) is 9.53 Å². The van der Waals surface area contributed by atoms with Crippen molar-refractivity contribution in [1.82, 2.24) is 4.90 Å². The van der Waals surface area contributed by atoms with E-state index in [1.54, 1.807) is 31.5 Å². The third-order valence-corrected chi connectivity index (χ3v) is 1.10. The molecule has 0 unspecified atom stereocenters. The van der Waals surface area contributed by atoms with E-state index in [0.29, 0.717) is 0 Å². The molecule has 0 aliphatic carbocycles. The zero-order valence-electron chi connectivity index (χ0n) is 8.52. The standard InChI is InChI=1S/C9H16N2O2/c1-8(2)13-9(12)5-6-11(4)7-10-3/h5-8H,1-4H3. The van der Waals surface area contributed by atoms with Crippen molar-refractivity contribution in [2.45, 2.75) is 20.0 Å². The molecule has 13 heavy (non-hydrogen) atoms. The molecule has 0 aromatic rings. The molecule has 0 aliphatic rings. The van der Waals surface area contributed by atoms with Crippen LogP contribution in [0.3, 0.4) is 0 Å². The molecule has 4 heteroatoms. The Bertz CT molecular complexity index is 210. The molecule has 0 saturated carbocycles. The number of nitrogens with zero attached hydrogens (tertiary/aromatic N) is 2. The molecule has 0 saturated heterocycles. The molecule has 0 spiro atoms. The average Bonchev–Trinajstić information content (AvgIpc) is 2.00. The lowest BCUT2D eigenvalue weighted by Gasteiger charge is -2.06.